The van der Waals surface area contributed by atoms with Gasteiger partial charge in [-0.25, -0.2) is 0 Å². The summed E-state index contributed by atoms with van der Waals surface area (Å²) in [5, 5.41) is 8.71. The molecule has 0 aliphatic rings. The zero-order chi connectivity index (χ0) is 13.3. The van der Waals surface area contributed by atoms with E-state index in [2.05, 4.69) is 5.48 Å². The van der Waals surface area contributed by atoms with Gasteiger partial charge in [-0.05, 0) is 34.7 Å². The van der Waals surface area contributed by atoms with Crippen molar-refractivity contribution in [2.24, 2.45) is 0 Å². The number of hydrogen-bond acceptors (Lipinski definition) is 5. The molecule has 0 saturated heterocycles. The van der Waals surface area contributed by atoms with Crippen LogP contribution in [0.4, 0.5) is 0 Å². The first-order chi connectivity index (χ1) is 7.85. The van der Waals surface area contributed by atoms with Gasteiger partial charge in [0.15, 0.2) is 0 Å². The van der Waals surface area contributed by atoms with E-state index in [4.69, 9.17) is 14.7 Å². The van der Waals surface area contributed by atoms with Crippen molar-refractivity contribution in [3.8, 4) is 0 Å². The van der Waals surface area contributed by atoms with Crippen molar-refractivity contribution in [2.75, 3.05) is 33.4 Å². The smallest absolute Gasteiger partial charge is 0.104 e. The van der Waals surface area contributed by atoms with E-state index in [-0.39, 0.29) is 12.2 Å². The van der Waals surface area contributed by atoms with Crippen LogP contribution in [-0.2, 0) is 9.57 Å². The lowest BCUT2D eigenvalue weighted by molar-refractivity contribution is -0.0589. The van der Waals surface area contributed by atoms with Crippen LogP contribution in [0.3, 0.4) is 0 Å². The summed E-state index contributed by atoms with van der Waals surface area (Å²) in [5.74, 6) is 0. The van der Waals surface area contributed by atoms with E-state index in [1.165, 1.54) is 0 Å². The van der Waals surface area contributed by atoms with Crippen molar-refractivity contribution in [3.05, 3.63) is 12.0 Å². The van der Waals surface area contributed by atoms with E-state index < -0.39 is 0 Å². The van der Waals surface area contributed by atoms with Crippen molar-refractivity contribution < 1.29 is 14.7 Å². The highest BCUT2D eigenvalue weighted by Gasteiger charge is 2.09. The molecule has 0 aliphatic heterocycles. The lowest BCUT2D eigenvalue weighted by Crippen LogP contribution is -2.28. The summed E-state index contributed by atoms with van der Waals surface area (Å²) in [7, 11) is 1.94. The molecule has 0 spiro atoms. The molecule has 5 heteroatoms. The Balaban J connectivity index is 3.63. The van der Waals surface area contributed by atoms with Crippen LogP contribution in [0.15, 0.2) is 12.0 Å². The topological polar surface area (TPSA) is 54.0 Å². The van der Waals surface area contributed by atoms with Gasteiger partial charge in [0.05, 0.1) is 17.9 Å². The Hall–Kier alpha value is -0.780. The molecule has 0 aromatic heterocycles. The number of allylic oxidation sites excluding steroid dienone is 1. The Bertz CT molecular complexity index is 224. The van der Waals surface area contributed by atoms with Gasteiger partial charge < -0.3 is 14.7 Å². The van der Waals surface area contributed by atoms with Crippen molar-refractivity contribution in [1.82, 2.24) is 10.4 Å². The van der Waals surface area contributed by atoms with Gasteiger partial charge in [-0.3, -0.25) is 10.3 Å². The molecule has 0 rings (SSSR count). The van der Waals surface area contributed by atoms with Gasteiger partial charge in [0.25, 0.3) is 0 Å². The summed E-state index contributed by atoms with van der Waals surface area (Å²) in [5.41, 5.74) is 3.42. The fourth-order valence-corrected chi connectivity index (χ4v) is 0.933. The lowest BCUT2D eigenvalue weighted by Gasteiger charge is -2.20. The van der Waals surface area contributed by atoms with E-state index >= 15 is 0 Å². The minimum atomic E-state index is -0.226. The third-order valence-corrected chi connectivity index (χ3v) is 1.85. The summed E-state index contributed by atoms with van der Waals surface area (Å²) in [6, 6.07) is 0. The fraction of sp³-hybridized carbons (Fsp3) is 0.833. The van der Waals surface area contributed by atoms with Crippen LogP contribution >= 0.6 is 0 Å². The van der Waals surface area contributed by atoms with E-state index in [0.717, 1.165) is 12.2 Å². The Morgan fingerprint density at radius 3 is 2.53 bits per heavy atom. The predicted octanol–water partition coefficient (Wildman–Crippen LogP) is 1.11. The first-order valence-corrected chi connectivity index (χ1v) is 5.87. The average Bonchev–Trinajstić information content (AvgIpc) is 2.21. The van der Waals surface area contributed by atoms with E-state index in [1.807, 2.05) is 39.6 Å². The van der Waals surface area contributed by atoms with Gasteiger partial charge >= 0.3 is 0 Å². The lowest BCUT2D eigenvalue weighted by atomic mass is 10.2. The fourth-order valence-electron chi connectivity index (χ4n) is 0.933. The molecule has 5 nitrogen and oxygen atoms in total. The Labute approximate surface area is 104 Å². The monoisotopic (exact) mass is 246 g/mol. The minimum Gasteiger partial charge on any atom is -0.498 e. The molecule has 0 atom stereocenters. The maximum Gasteiger partial charge on any atom is 0.104 e. The van der Waals surface area contributed by atoms with Crippen molar-refractivity contribution >= 4 is 0 Å². The molecular formula is C12H26N2O3. The standard InChI is InChI=1S/C12H26N2O3/c1-11(13-17-12(2,3)4)10-16-9-7-14(5)6-8-15/h10,13,15H,6-9H2,1-5H3. The zero-order valence-electron chi connectivity index (χ0n) is 11.6. The molecule has 0 saturated carbocycles. The number of aliphatic hydroxyl groups excluding tert-OH is 1. The molecule has 0 unspecified atom stereocenters. The van der Waals surface area contributed by atoms with Crippen molar-refractivity contribution in [2.45, 2.75) is 33.3 Å². The largest absolute Gasteiger partial charge is 0.498 e. The van der Waals surface area contributed by atoms with Crippen LogP contribution in [0.25, 0.3) is 0 Å². The van der Waals surface area contributed by atoms with E-state index in [1.54, 1.807) is 6.26 Å². The average molecular weight is 246 g/mol. The number of hydrogen-bond donors (Lipinski definition) is 2. The van der Waals surface area contributed by atoms with Gasteiger partial charge in [0, 0.05) is 13.1 Å². The molecule has 0 bridgehead atoms. The summed E-state index contributed by atoms with van der Waals surface area (Å²) in [6.45, 7) is 10.00. The highest BCUT2D eigenvalue weighted by Crippen LogP contribution is 2.05. The second-order valence-electron chi connectivity index (χ2n) is 5.02. The summed E-state index contributed by atoms with van der Waals surface area (Å²) in [4.78, 5) is 7.37. The first kappa shape index (κ1) is 16.2. The van der Waals surface area contributed by atoms with Gasteiger partial charge in [0.1, 0.15) is 12.9 Å². The predicted molar refractivity (Wildman–Crippen MR) is 68.3 cm³/mol. The van der Waals surface area contributed by atoms with E-state index in [0.29, 0.717) is 13.2 Å². The van der Waals surface area contributed by atoms with Crippen LogP contribution in [0, 0.1) is 0 Å². The van der Waals surface area contributed by atoms with Gasteiger partial charge in [0.2, 0.25) is 0 Å². The molecule has 0 amide bonds. The number of hydroxylamine groups is 1. The molecule has 0 fully saturated rings. The van der Waals surface area contributed by atoms with Crippen molar-refractivity contribution in [3.63, 3.8) is 0 Å². The van der Waals surface area contributed by atoms with E-state index in [9.17, 15) is 0 Å². The highest BCUT2D eigenvalue weighted by atomic mass is 16.7. The number of ether oxygens (including phenoxy) is 1. The summed E-state index contributed by atoms with van der Waals surface area (Å²) < 4.78 is 5.35. The molecule has 0 aromatic rings. The van der Waals surface area contributed by atoms with Gasteiger partial charge in [-0.15, -0.1) is 0 Å². The second-order valence-corrected chi connectivity index (χ2v) is 5.02. The Morgan fingerprint density at radius 2 is 2.00 bits per heavy atom. The molecule has 0 aliphatic carbocycles. The third-order valence-electron chi connectivity index (χ3n) is 1.85. The zero-order valence-corrected chi connectivity index (χ0v) is 11.6. The molecule has 0 heterocycles. The summed E-state index contributed by atoms with van der Waals surface area (Å²) >= 11 is 0. The quantitative estimate of drug-likeness (QED) is 0.382. The molecule has 102 valence electrons. The minimum absolute atomic E-state index is 0.173. The normalized spacial score (nSPS) is 13.0. The van der Waals surface area contributed by atoms with Crippen LogP contribution in [0.1, 0.15) is 27.7 Å². The highest BCUT2D eigenvalue weighted by molar-refractivity contribution is 4.86. The molecular weight excluding hydrogens is 220 g/mol. The first-order valence-electron chi connectivity index (χ1n) is 5.87. The molecule has 0 aromatic carbocycles. The number of aliphatic hydroxyl groups is 1. The van der Waals surface area contributed by atoms with Crippen LogP contribution in [-0.4, -0.2) is 49.0 Å². The maximum atomic E-state index is 8.71. The number of nitrogens with one attached hydrogen (secondary N) is 1. The van der Waals surface area contributed by atoms with Gasteiger partial charge in [-0.1, -0.05) is 0 Å². The molecule has 0 radical (unpaired) electrons. The Kier molecular flexibility index (Phi) is 7.95. The van der Waals surface area contributed by atoms with Crippen LogP contribution in [0.5, 0.6) is 0 Å². The SMILES string of the molecule is CC(=COCCN(C)CCO)NOC(C)(C)C. The Morgan fingerprint density at radius 1 is 1.35 bits per heavy atom. The number of likely N-dealkylation sites (N-methyl/N-ethyl adjacent to an activating group) is 1. The number of nitrogens with zero attached hydrogens (tertiary/aromatic N) is 1. The van der Waals surface area contributed by atoms with Crippen LogP contribution in [0.2, 0.25) is 0 Å². The summed E-state index contributed by atoms with van der Waals surface area (Å²) in [6.07, 6.45) is 1.64. The van der Waals surface area contributed by atoms with Crippen molar-refractivity contribution in [1.29, 1.82) is 0 Å². The molecule has 2 N–H and O–H groups in total. The number of rotatable bonds is 8. The van der Waals surface area contributed by atoms with Gasteiger partial charge in [-0.2, -0.15) is 0 Å². The third kappa shape index (κ3) is 11.5. The maximum absolute atomic E-state index is 8.71. The second kappa shape index (κ2) is 8.33. The van der Waals surface area contributed by atoms with Crippen LogP contribution < -0.4 is 5.48 Å². The molecule has 17 heavy (non-hydrogen) atoms.